The van der Waals surface area contributed by atoms with Crippen molar-refractivity contribution in [3.63, 3.8) is 0 Å². The van der Waals surface area contributed by atoms with Crippen molar-refractivity contribution in [3.8, 4) is 0 Å². The summed E-state index contributed by atoms with van der Waals surface area (Å²) in [4.78, 5) is 37.9. The van der Waals surface area contributed by atoms with Crippen molar-refractivity contribution >= 4 is 29.1 Å². The van der Waals surface area contributed by atoms with Crippen LogP contribution < -0.4 is 9.80 Å². The summed E-state index contributed by atoms with van der Waals surface area (Å²) in [7, 11) is 0. The number of imide groups is 1. The van der Waals surface area contributed by atoms with Crippen molar-refractivity contribution in [2.24, 2.45) is 0 Å². The van der Waals surface area contributed by atoms with E-state index >= 15 is 0 Å². The number of nitrogens with zero attached hydrogens (tertiary/aromatic N) is 2. The van der Waals surface area contributed by atoms with Crippen LogP contribution >= 0.6 is 0 Å². The number of hydrogen-bond acceptors (Lipinski definition) is 3. The van der Waals surface area contributed by atoms with Crippen LogP contribution in [0, 0.1) is 6.92 Å². The highest BCUT2D eigenvalue weighted by Crippen LogP contribution is 2.29. The van der Waals surface area contributed by atoms with Crippen LogP contribution in [-0.4, -0.2) is 24.3 Å². The van der Waals surface area contributed by atoms with Crippen LogP contribution in [0.1, 0.15) is 5.56 Å². The largest absolute Gasteiger partial charge is 0.305 e. The summed E-state index contributed by atoms with van der Waals surface area (Å²) in [6, 6.07) is 5.20. The zero-order chi connectivity index (χ0) is 14.3. The van der Waals surface area contributed by atoms with E-state index in [1.165, 1.54) is 18.2 Å². The summed E-state index contributed by atoms with van der Waals surface area (Å²) in [6.07, 6.45) is 5.77. The first kappa shape index (κ1) is 12.3. The predicted molar refractivity (Wildman–Crippen MR) is 74.3 cm³/mol. The fourth-order valence-electron chi connectivity index (χ4n) is 2.34. The highest BCUT2D eigenvalue weighted by Gasteiger charge is 2.27. The Hall–Kier alpha value is -2.69. The van der Waals surface area contributed by atoms with Gasteiger partial charge in [-0.1, -0.05) is 12.1 Å². The molecule has 1 aromatic rings. The summed E-state index contributed by atoms with van der Waals surface area (Å²) in [6.45, 7) is 2.39. The van der Waals surface area contributed by atoms with Gasteiger partial charge >= 0.3 is 0 Å². The lowest BCUT2D eigenvalue weighted by atomic mass is 10.1. The van der Waals surface area contributed by atoms with Crippen LogP contribution in [0.2, 0.25) is 0 Å². The third kappa shape index (κ3) is 1.84. The average Bonchev–Trinajstić information content (AvgIpc) is 2.98. The molecule has 2 heterocycles. The number of hydrogen-bond donors (Lipinski definition) is 0. The summed E-state index contributed by atoms with van der Waals surface area (Å²) < 4.78 is 0. The molecule has 0 saturated heterocycles. The van der Waals surface area contributed by atoms with E-state index in [0.717, 1.165) is 10.5 Å². The lowest BCUT2D eigenvalue weighted by Crippen LogP contribution is -2.30. The lowest BCUT2D eigenvalue weighted by molar-refractivity contribution is -0.120. The standard InChI is InChI=1S/C15H12N2O3/c1-10-4-5-11(17-14(19)6-7-15(17)20)9-12(10)16-8-2-3-13(16)18/h2-7,9H,8H2,1H3. The molecule has 0 aliphatic carbocycles. The van der Waals surface area contributed by atoms with E-state index in [9.17, 15) is 14.4 Å². The minimum absolute atomic E-state index is 0.0950. The van der Waals surface area contributed by atoms with E-state index < -0.39 is 0 Å². The molecule has 2 aliphatic rings. The normalized spacial score (nSPS) is 17.8. The second-order valence-electron chi connectivity index (χ2n) is 4.67. The molecule has 2 aliphatic heterocycles. The molecule has 20 heavy (non-hydrogen) atoms. The van der Waals surface area contributed by atoms with Gasteiger partial charge in [0, 0.05) is 30.5 Å². The fourth-order valence-corrected chi connectivity index (χ4v) is 2.34. The fraction of sp³-hybridized carbons (Fsp3) is 0.133. The van der Waals surface area contributed by atoms with Crippen LogP contribution in [0.15, 0.2) is 42.5 Å². The van der Waals surface area contributed by atoms with E-state index in [-0.39, 0.29) is 17.7 Å². The van der Waals surface area contributed by atoms with Crippen LogP contribution in [0.3, 0.4) is 0 Å². The molecule has 0 spiro atoms. The second kappa shape index (κ2) is 4.45. The Balaban J connectivity index is 2.01. The molecule has 0 bridgehead atoms. The van der Waals surface area contributed by atoms with Crippen molar-refractivity contribution < 1.29 is 14.4 Å². The van der Waals surface area contributed by atoms with Crippen molar-refractivity contribution in [3.05, 3.63) is 48.1 Å². The molecular formula is C15H12N2O3. The number of rotatable bonds is 2. The molecule has 0 saturated carbocycles. The van der Waals surface area contributed by atoms with Crippen LogP contribution in [0.5, 0.6) is 0 Å². The molecule has 100 valence electrons. The third-order valence-electron chi connectivity index (χ3n) is 3.37. The quantitative estimate of drug-likeness (QED) is 0.760. The lowest BCUT2D eigenvalue weighted by Gasteiger charge is -2.21. The first-order chi connectivity index (χ1) is 9.58. The summed E-state index contributed by atoms with van der Waals surface area (Å²) in [5.74, 6) is -0.825. The highest BCUT2D eigenvalue weighted by molar-refractivity contribution is 6.28. The van der Waals surface area contributed by atoms with Crippen molar-refractivity contribution in [1.29, 1.82) is 0 Å². The number of benzene rings is 1. The molecule has 5 heteroatoms. The van der Waals surface area contributed by atoms with Gasteiger partial charge < -0.3 is 4.90 Å². The molecule has 0 atom stereocenters. The van der Waals surface area contributed by atoms with Gasteiger partial charge in [0.2, 0.25) is 0 Å². The molecule has 0 unspecified atom stereocenters. The first-order valence-electron chi connectivity index (χ1n) is 6.23. The maximum Gasteiger partial charge on any atom is 0.258 e. The Kier molecular flexibility index (Phi) is 2.75. The molecule has 1 aromatic carbocycles. The van der Waals surface area contributed by atoms with Gasteiger partial charge in [-0.15, -0.1) is 0 Å². The van der Waals surface area contributed by atoms with Crippen LogP contribution in [0.25, 0.3) is 0 Å². The third-order valence-corrected chi connectivity index (χ3v) is 3.37. The zero-order valence-corrected chi connectivity index (χ0v) is 10.9. The van der Waals surface area contributed by atoms with Gasteiger partial charge in [0.05, 0.1) is 5.69 Å². The van der Waals surface area contributed by atoms with Crippen molar-refractivity contribution in [1.82, 2.24) is 0 Å². The Morgan fingerprint density at radius 2 is 1.65 bits per heavy atom. The minimum Gasteiger partial charge on any atom is -0.305 e. The Morgan fingerprint density at radius 3 is 2.25 bits per heavy atom. The molecule has 0 radical (unpaired) electrons. The number of amides is 3. The van der Waals surface area contributed by atoms with Crippen molar-refractivity contribution in [2.75, 3.05) is 16.3 Å². The van der Waals surface area contributed by atoms with Gasteiger partial charge in [-0.05, 0) is 24.6 Å². The summed E-state index contributed by atoms with van der Waals surface area (Å²) in [5, 5.41) is 0. The molecular weight excluding hydrogens is 256 g/mol. The Morgan fingerprint density at radius 1 is 0.950 bits per heavy atom. The first-order valence-corrected chi connectivity index (χ1v) is 6.23. The zero-order valence-electron chi connectivity index (χ0n) is 10.9. The average molecular weight is 268 g/mol. The number of aryl methyl sites for hydroxylation is 1. The number of anilines is 2. The van der Waals surface area contributed by atoms with Gasteiger partial charge in [0.25, 0.3) is 17.7 Å². The Bertz CT molecular complexity index is 670. The second-order valence-corrected chi connectivity index (χ2v) is 4.67. The van der Waals surface area contributed by atoms with E-state index in [1.807, 2.05) is 6.92 Å². The predicted octanol–water partition coefficient (Wildman–Crippen LogP) is 1.33. The highest BCUT2D eigenvalue weighted by atomic mass is 16.2. The molecule has 5 nitrogen and oxygen atoms in total. The molecule has 3 amide bonds. The minimum atomic E-state index is -0.365. The maximum atomic E-state index is 11.8. The Labute approximate surface area is 115 Å². The van der Waals surface area contributed by atoms with Gasteiger partial charge in [-0.25, -0.2) is 4.90 Å². The van der Waals surface area contributed by atoms with E-state index in [0.29, 0.717) is 17.9 Å². The number of carbonyl (C=O) groups excluding carboxylic acids is 3. The van der Waals surface area contributed by atoms with Gasteiger partial charge in [-0.3, -0.25) is 14.4 Å². The smallest absolute Gasteiger partial charge is 0.258 e. The monoisotopic (exact) mass is 268 g/mol. The van der Waals surface area contributed by atoms with E-state index in [1.54, 1.807) is 29.2 Å². The van der Waals surface area contributed by atoms with E-state index in [4.69, 9.17) is 0 Å². The van der Waals surface area contributed by atoms with Gasteiger partial charge in [0.1, 0.15) is 0 Å². The number of carbonyl (C=O) groups is 3. The molecule has 3 rings (SSSR count). The van der Waals surface area contributed by atoms with Crippen LogP contribution in [0.4, 0.5) is 11.4 Å². The summed E-state index contributed by atoms with van der Waals surface area (Å²) in [5.41, 5.74) is 2.10. The molecule has 0 aromatic heterocycles. The van der Waals surface area contributed by atoms with E-state index in [2.05, 4.69) is 0 Å². The molecule has 0 N–H and O–H groups in total. The van der Waals surface area contributed by atoms with Gasteiger partial charge in [0.15, 0.2) is 0 Å². The van der Waals surface area contributed by atoms with Crippen molar-refractivity contribution in [2.45, 2.75) is 6.92 Å². The summed E-state index contributed by atoms with van der Waals surface area (Å²) >= 11 is 0. The van der Waals surface area contributed by atoms with Crippen LogP contribution in [-0.2, 0) is 14.4 Å². The maximum absolute atomic E-state index is 11.8. The van der Waals surface area contributed by atoms with Gasteiger partial charge in [-0.2, -0.15) is 0 Å². The SMILES string of the molecule is Cc1ccc(N2C(=O)C=CC2=O)cc1N1CC=CC1=O. The topological polar surface area (TPSA) is 57.7 Å². The molecule has 0 fully saturated rings.